The number of para-hydroxylation sites is 1. The van der Waals surface area contributed by atoms with E-state index in [9.17, 15) is 0 Å². The van der Waals surface area contributed by atoms with Crippen LogP contribution < -0.4 is 10.6 Å². The van der Waals surface area contributed by atoms with E-state index in [0.29, 0.717) is 12.0 Å². The first kappa shape index (κ1) is 15.8. The summed E-state index contributed by atoms with van der Waals surface area (Å²) in [5.74, 6) is 3.22. The summed E-state index contributed by atoms with van der Waals surface area (Å²) in [6.07, 6.45) is 5.73. The summed E-state index contributed by atoms with van der Waals surface area (Å²) in [5.41, 5.74) is 2.45. The molecule has 0 aromatic heterocycles. The van der Waals surface area contributed by atoms with E-state index in [4.69, 9.17) is 12.2 Å². The zero-order chi connectivity index (χ0) is 15.7. The Labute approximate surface area is 140 Å². The lowest BCUT2D eigenvalue weighted by molar-refractivity contribution is 0.279. The number of hydrogen-bond acceptors (Lipinski definition) is 1. The fraction of sp³-hybridized carbons (Fsp3) is 0.632. The summed E-state index contributed by atoms with van der Waals surface area (Å²) in [4.78, 5) is 0. The molecule has 2 aliphatic carbocycles. The molecule has 0 radical (unpaired) electrons. The summed E-state index contributed by atoms with van der Waals surface area (Å²) in [7, 11) is 0. The number of thiocarbonyl (C=S) groups is 1. The van der Waals surface area contributed by atoms with Crippen molar-refractivity contribution in [1.82, 2.24) is 5.32 Å². The first-order chi connectivity index (χ1) is 10.5. The van der Waals surface area contributed by atoms with E-state index in [1.54, 1.807) is 0 Å². The predicted octanol–water partition coefficient (Wildman–Crippen LogP) is 4.92. The van der Waals surface area contributed by atoms with Crippen LogP contribution in [0.25, 0.3) is 0 Å². The van der Waals surface area contributed by atoms with Crippen molar-refractivity contribution in [2.75, 3.05) is 5.32 Å². The van der Waals surface area contributed by atoms with Crippen LogP contribution in [0.5, 0.6) is 0 Å². The van der Waals surface area contributed by atoms with Crippen molar-refractivity contribution in [2.24, 2.45) is 17.8 Å². The standard InChI is InChI=1S/C19H28N2S/c1-12(2)16-6-4-5-7-18(16)21-19(22)20-13(3)17-11-14-8-9-15(17)10-14/h4-7,12-15,17H,8-11H2,1-3H3,(H2,20,21,22). The molecular weight excluding hydrogens is 288 g/mol. The summed E-state index contributed by atoms with van der Waals surface area (Å²) in [5, 5.41) is 7.72. The smallest absolute Gasteiger partial charge is 0.171 e. The molecule has 2 fully saturated rings. The van der Waals surface area contributed by atoms with Gasteiger partial charge in [0.1, 0.15) is 0 Å². The lowest BCUT2D eigenvalue weighted by Crippen LogP contribution is -2.42. The number of anilines is 1. The highest BCUT2D eigenvalue weighted by atomic mass is 32.1. The van der Waals surface area contributed by atoms with E-state index in [2.05, 4.69) is 55.7 Å². The van der Waals surface area contributed by atoms with Crippen LogP contribution in [0.15, 0.2) is 24.3 Å². The van der Waals surface area contributed by atoms with E-state index >= 15 is 0 Å². The fourth-order valence-corrected chi connectivity index (χ4v) is 4.79. The normalized spacial score (nSPS) is 27.9. The lowest BCUT2D eigenvalue weighted by atomic mass is 9.84. The molecule has 3 rings (SSSR count). The average molecular weight is 317 g/mol. The van der Waals surface area contributed by atoms with Crippen LogP contribution in [0, 0.1) is 17.8 Å². The maximum absolute atomic E-state index is 5.56. The molecule has 22 heavy (non-hydrogen) atoms. The van der Waals surface area contributed by atoms with Gasteiger partial charge in [0.15, 0.2) is 5.11 Å². The summed E-state index contributed by atoms with van der Waals surface area (Å²) >= 11 is 5.56. The monoisotopic (exact) mass is 316 g/mol. The van der Waals surface area contributed by atoms with Gasteiger partial charge in [0.05, 0.1) is 0 Å². The van der Waals surface area contributed by atoms with Gasteiger partial charge in [-0.15, -0.1) is 0 Å². The number of hydrogen-bond donors (Lipinski definition) is 2. The van der Waals surface area contributed by atoms with Gasteiger partial charge in [-0.3, -0.25) is 0 Å². The molecular formula is C19H28N2S. The summed E-state index contributed by atoms with van der Waals surface area (Å²) in [6, 6.07) is 8.92. The highest BCUT2D eigenvalue weighted by Crippen LogP contribution is 2.49. The van der Waals surface area contributed by atoms with Gasteiger partial charge in [-0.1, -0.05) is 38.5 Å². The quantitative estimate of drug-likeness (QED) is 0.771. The number of benzene rings is 1. The van der Waals surface area contributed by atoms with Gasteiger partial charge in [-0.2, -0.15) is 0 Å². The Morgan fingerprint density at radius 3 is 2.55 bits per heavy atom. The minimum Gasteiger partial charge on any atom is -0.360 e. The third-order valence-electron chi connectivity index (χ3n) is 5.62. The van der Waals surface area contributed by atoms with Crippen LogP contribution in [-0.2, 0) is 0 Å². The first-order valence-electron chi connectivity index (χ1n) is 8.71. The Hall–Kier alpha value is -1.09. The van der Waals surface area contributed by atoms with Crippen LogP contribution in [-0.4, -0.2) is 11.2 Å². The van der Waals surface area contributed by atoms with Crippen molar-refractivity contribution in [3.63, 3.8) is 0 Å². The summed E-state index contributed by atoms with van der Waals surface area (Å²) in [6.45, 7) is 6.73. The SMILES string of the molecule is CC(C)c1ccccc1NC(=S)NC(C)C1CC2CCC1C2. The van der Waals surface area contributed by atoms with Crippen LogP contribution >= 0.6 is 12.2 Å². The van der Waals surface area contributed by atoms with Crippen molar-refractivity contribution in [2.45, 2.75) is 58.4 Å². The molecule has 4 unspecified atom stereocenters. The highest BCUT2D eigenvalue weighted by molar-refractivity contribution is 7.80. The number of fused-ring (bicyclic) bond motifs is 2. The second-order valence-electron chi connectivity index (χ2n) is 7.47. The largest absolute Gasteiger partial charge is 0.360 e. The molecule has 4 atom stereocenters. The van der Waals surface area contributed by atoms with Gasteiger partial charge >= 0.3 is 0 Å². The second-order valence-corrected chi connectivity index (χ2v) is 7.88. The highest BCUT2D eigenvalue weighted by Gasteiger charge is 2.41. The molecule has 2 N–H and O–H groups in total. The summed E-state index contributed by atoms with van der Waals surface area (Å²) < 4.78 is 0. The van der Waals surface area contributed by atoms with E-state index in [1.165, 1.54) is 31.2 Å². The fourth-order valence-electron chi connectivity index (χ4n) is 4.49. The molecule has 2 nitrogen and oxygen atoms in total. The molecule has 1 aromatic carbocycles. The van der Waals surface area contributed by atoms with Gasteiger partial charge in [0, 0.05) is 11.7 Å². The molecule has 0 saturated heterocycles. The van der Waals surface area contributed by atoms with Gasteiger partial charge in [0.25, 0.3) is 0 Å². The Morgan fingerprint density at radius 2 is 1.91 bits per heavy atom. The van der Waals surface area contributed by atoms with Gasteiger partial charge < -0.3 is 10.6 Å². The Bertz CT molecular complexity index is 540. The molecule has 120 valence electrons. The van der Waals surface area contributed by atoms with Crippen molar-refractivity contribution >= 4 is 23.0 Å². The molecule has 0 amide bonds. The molecule has 2 aliphatic rings. The van der Waals surface area contributed by atoms with E-state index < -0.39 is 0 Å². The predicted molar refractivity (Wildman–Crippen MR) is 98.3 cm³/mol. The topological polar surface area (TPSA) is 24.1 Å². The van der Waals surface area contributed by atoms with Crippen LogP contribution in [0.3, 0.4) is 0 Å². The second kappa shape index (κ2) is 6.57. The van der Waals surface area contributed by atoms with Crippen molar-refractivity contribution in [1.29, 1.82) is 0 Å². The lowest BCUT2D eigenvalue weighted by Gasteiger charge is -2.29. The molecule has 0 spiro atoms. The maximum Gasteiger partial charge on any atom is 0.171 e. The molecule has 0 heterocycles. The molecule has 2 saturated carbocycles. The number of rotatable bonds is 4. The third-order valence-corrected chi connectivity index (χ3v) is 5.84. The van der Waals surface area contributed by atoms with Crippen molar-refractivity contribution in [3.8, 4) is 0 Å². The van der Waals surface area contributed by atoms with Crippen molar-refractivity contribution < 1.29 is 0 Å². The average Bonchev–Trinajstić information content (AvgIpc) is 3.10. The Balaban J connectivity index is 1.59. The van der Waals surface area contributed by atoms with Crippen LogP contribution in [0.1, 0.15) is 57.9 Å². The van der Waals surface area contributed by atoms with Gasteiger partial charge in [-0.25, -0.2) is 0 Å². The number of nitrogens with one attached hydrogen (secondary N) is 2. The minimum absolute atomic E-state index is 0.474. The Morgan fingerprint density at radius 1 is 1.14 bits per heavy atom. The van der Waals surface area contributed by atoms with E-state index in [0.717, 1.165) is 28.6 Å². The molecule has 2 bridgehead atoms. The minimum atomic E-state index is 0.474. The van der Waals surface area contributed by atoms with E-state index in [-0.39, 0.29) is 0 Å². The van der Waals surface area contributed by atoms with Crippen LogP contribution in [0.2, 0.25) is 0 Å². The molecule has 0 aliphatic heterocycles. The first-order valence-corrected chi connectivity index (χ1v) is 9.12. The molecule has 3 heteroatoms. The zero-order valence-electron chi connectivity index (χ0n) is 13.9. The van der Waals surface area contributed by atoms with Crippen molar-refractivity contribution in [3.05, 3.63) is 29.8 Å². The third kappa shape index (κ3) is 3.29. The van der Waals surface area contributed by atoms with E-state index in [1.807, 2.05) is 0 Å². The Kier molecular flexibility index (Phi) is 4.72. The zero-order valence-corrected chi connectivity index (χ0v) is 14.7. The maximum atomic E-state index is 5.56. The van der Waals surface area contributed by atoms with Gasteiger partial charge in [-0.05, 0) is 73.7 Å². The van der Waals surface area contributed by atoms with Gasteiger partial charge in [0.2, 0.25) is 0 Å². The van der Waals surface area contributed by atoms with Crippen LogP contribution in [0.4, 0.5) is 5.69 Å². The molecule has 1 aromatic rings.